The van der Waals surface area contributed by atoms with Crippen LogP contribution in [0.25, 0.3) is 5.57 Å². The average molecular weight is 822 g/mol. The lowest BCUT2D eigenvalue weighted by atomic mass is 9.49. The van der Waals surface area contributed by atoms with Crippen LogP contribution in [-0.2, 0) is 16.4 Å². The molecule has 2 aliphatic carbocycles. The van der Waals surface area contributed by atoms with Crippen LogP contribution in [0.2, 0.25) is 0 Å². The topological polar surface area (TPSA) is 3.24 Å². The van der Waals surface area contributed by atoms with E-state index in [1.807, 2.05) is 0 Å². The summed E-state index contributed by atoms with van der Waals surface area (Å²) in [6.07, 6.45) is 7.15. The van der Waals surface area contributed by atoms with Gasteiger partial charge in [-0.25, -0.2) is 0 Å². The number of aryl methyl sites for hydroxylation is 6. The summed E-state index contributed by atoms with van der Waals surface area (Å²) < 4.78 is 0. The molecule has 0 N–H and O–H groups in total. The third-order valence-corrected chi connectivity index (χ3v) is 15.1. The maximum Gasteiger partial charge on any atom is 0.121 e. The Hall–Kier alpha value is -7.22. The molecule has 64 heavy (non-hydrogen) atoms. The van der Waals surface area contributed by atoms with Crippen molar-refractivity contribution < 1.29 is 0 Å². The highest BCUT2D eigenvalue weighted by molar-refractivity contribution is 6.02. The van der Waals surface area contributed by atoms with Crippen molar-refractivity contribution in [3.63, 3.8) is 0 Å². The number of nitrogens with zero attached hydrogens (tertiary/aromatic N) is 1. The highest BCUT2D eigenvalue weighted by atomic mass is 15.2. The van der Waals surface area contributed by atoms with Crippen molar-refractivity contribution in [3.05, 3.63) is 312 Å². The SMILES string of the molecule is Cc1cc[12c](C2([12c]3ccc(C)cc3)C3=CC=CN4C3=C3c5c2cccc5C([12c]2ccc(C)cc2)([12c]2ccc(C)cc2)c2cccc(c23)C4([12c]2ccc(C)cc2)[12c]2ccc(C)cc2)cc1. The van der Waals surface area contributed by atoms with Crippen LogP contribution in [0, 0.1) is 41.5 Å². The lowest BCUT2D eigenvalue weighted by Crippen LogP contribution is -2.54. The highest BCUT2D eigenvalue weighted by Gasteiger charge is 2.60. The summed E-state index contributed by atoms with van der Waals surface area (Å²) in [5.41, 5.74) is 24.8. The van der Waals surface area contributed by atoms with Gasteiger partial charge in [0, 0.05) is 11.8 Å². The molecule has 0 aromatic heterocycles. The fraction of sp³-hybridized carbons (Fsp3) is 0.143. The second-order valence-electron chi connectivity index (χ2n) is 18.9. The quantitative estimate of drug-likeness (QED) is 0.161. The Morgan fingerprint density at radius 3 is 1.03 bits per heavy atom. The van der Waals surface area contributed by atoms with E-state index in [4.69, 9.17) is 0 Å². The van der Waals surface area contributed by atoms with Gasteiger partial charge >= 0.3 is 0 Å². The van der Waals surface area contributed by atoms with Gasteiger partial charge in [-0.15, -0.1) is 0 Å². The molecule has 0 fully saturated rings. The van der Waals surface area contributed by atoms with Gasteiger partial charge in [0.2, 0.25) is 0 Å². The van der Waals surface area contributed by atoms with E-state index >= 15 is 0 Å². The Labute approximate surface area is 378 Å². The zero-order valence-corrected chi connectivity index (χ0v) is 37.5. The van der Waals surface area contributed by atoms with Gasteiger partial charge in [-0.3, -0.25) is 0 Å². The minimum absolute atomic E-state index is 0.658. The molecular weight excluding hydrogens is 771 g/mol. The van der Waals surface area contributed by atoms with Crippen LogP contribution in [-0.4, -0.2) is 4.90 Å². The molecule has 0 spiro atoms. The van der Waals surface area contributed by atoms with Crippen molar-refractivity contribution >= 4 is 5.57 Å². The number of rotatable bonds is 6. The smallest absolute Gasteiger partial charge is 0.121 e. The minimum Gasteiger partial charge on any atom is -0.329 e. The van der Waals surface area contributed by atoms with Gasteiger partial charge in [-0.1, -0.05) is 221 Å². The molecule has 0 radical (unpaired) electrons. The highest BCUT2D eigenvalue weighted by Crippen LogP contribution is 2.68. The lowest BCUT2D eigenvalue weighted by molar-refractivity contribution is 0.280. The lowest BCUT2D eigenvalue weighted by Gasteiger charge is -2.59. The van der Waals surface area contributed by atoms with Crippen LogP contribution < -0.4 is 0 Å². The van der Waals surface area contributed by atoms with Gasteiger partial charge in [0.05, 0.1) is 16.5 Å². The molecule has 8 aromatic rings. The Morgan fingerprint density at radius 2 is 0.641 bits per heavy atom. The maximum atomic E-state index is 2.68. The van der Waals surface area contributed by atoms with Crippen LogP contribution >= 0.6 is 0 Å². The van der Waals surface area contributed by atoms with Crippen LogP contribution in [0.15, 0.2) is 212 Å². The standard InChI is InChI=1S/C63H51N/c1-40-15-27-46(28-16-40)61(47-29-17-41(2)18-30-47)52-10-7-11-53-57(52)59-58-54(61)12-8-13-55(58)63(50-35-23-44(5)24-36-50,51-37-25-45(6)26-38-51)64-39-9-14-56(60(59)64)62(53,48-31-19-42(3)20-32-48)49-33-21-43(4)22-34-49/h7-39H,1-6H3/i46+0,47+0,48+0,49+0,50+0,51+0. The molecular formula is C63H51N. The third kappa shape index (κ3) is 4.96. The largest absolute Gasteiger partial charge is 0.329 e. The predicted molar refractivity (Wildman–Crippen MR) is 264 cm³/mol. The summed E-state index contributed by atoms with van der Waals surface area (Å²) in [6, 6.07) is 70.9. The molecule has 0 bridgehead atoms. The Bertz CT molecular complexity index is 3100. The minimum atomic E-state index is -0.732. The van der Waals surface area contributed by atoms with E-state index in [1.54, 1.807) is 0 Å². The molecule has 1 nitrogen and oxygen atoms in total. The number of hydrogen-bond donors (Lipinski definition) is 0. The molecule has 0 unspecified atom stereocenters. The van der Waals surface area contributed by atoms with Crippen LogP contribution in [0.1, 0.15) is 100 Å². The first kappa shape index (κ1) is 38.5. The second-order valence-corrected chi connectivity index (χ2v) is 18.9. The van der Waals surface area contributed by atoms with Crippen LogP contribution in [0.3, 0.4) is 0 Å². The summed E-state index contributed by atoms with van der Waals surface area (Å²) in [6.45, 7) is 13.2. The van der Waals surface area contributed by atoms with E-state index in [1.165, 1.54) is 117 Å². The first-order valence-corrected chi connectivity index (χ1v) is 22.8. The van der Waals surface area contributed by atoms with Gasteiger partial charge in [0.15, 0.2) is 0 Å². The van der Waals surface area contributed by atoms with Crippen molar-refractivity contribution in [2.24, 2.45) is 0 Å². The third-order valence-electron chi connectivity index (χ3n) is 15.1. The zero-order chi connectivity index (χ0) is 43.5. The molecule has 2 heterocycles. The predicted octanol–water partition coefficient (Wildman–Crippen LogP) is 14.4. The van der Waals surface area contributed by atoms with Crippen molar-refractivity contribution in [1.82, 2.24) is 4.90 Å². The van der Waals surface area contributed by atoms with Crippen molar-refractivity contribution in [3.8, 4) is 0 Å². The first-order valence-electron chi connectivity index (χ1n) is 22.8. The van der Waals surface area contributed by atoms with Crippen LogP contribution in [0.5, 0.6) is 0 Å². The van der Waals surface area contributed by atoms with Gasteiger partial charge < -0.3 is 4.90 Å². The number of benzene rings is 8. The molecule has 0 saturated carbocycles. The molecule has 8 aromatic carbocycles. The molecule has 1 heteroatoms. The van der Waals surface area contributed by atoms with E-state index in [-0.39, 0.29) is 0 Å². The summed E-state index contributed by atoms with van der Waals surface area (Å²) in [7, 11) is 0. The van der Waals surface area contributed by atoms with Crippen LogP contribution in [0.4, 0.5) is 0 Å². The summed E-state index contributed by atoms with van der Waals surface area (Å²) in [5, 5.41) is 0. The Morgan fingerprint density at radius 1 is 0.328 bits per heavy atom. The molecule has 12 rings (SSSR count). The van der Waals surface area contributed by atoms with Gasteiger partial charge in [-0.2, -0.15) is 0 Å². The van der Waals surface area contributed by atoms with E-state index in [0.29, 0.717) is 0 Å². The molecule has 308 valence electrons. The van der Waals surface area contributed by atoms with Crippen molar-refractivity contribution in [1.29, 1.82) is 0 Å². The van der Waals surface area contributed by atoms with Gasteiger partial charge in [-0.05, 0) is 120 Å². The normalized spacial score (nSPS) is 16.6. The molecule has 0 amide bonds. The summed E-state index contributed by atoms with van der Waals surface area (Å²) in [5.74, 6) is 0. The Kier molecular flexibility index (Phi) is 8.35. The van der Waals surface area contributed by atoms with E-state index in [9.17, 15) is 0 Å². The maximum absolute atomic E-state index is 2.68. The molecule has 4 aliphatic rings. The fourth-order valence-electron chi connectivity index (χ4n) is 12.1. The molecule has 0 atom stereocenters. The Balaban J connectivity index is 1.36. The van der Waals surface area contributed by atoms with E-state index < -0.39 is 16.4 Å². The average Bonchev–Trinajstić information content (AvgIpc) is 3.32. The van der Waals surface area contributed by atoms with E-state index in [0.717, 1.165) is 0 Å². The van der Waals surface area contributed by atoms with Gasteiger partial charge in [0.1, 0.15) is 5.54 Å². The second kappa shape index (κ2) is 13.9. The monoisotopic (exact) mass is 821 g/mol. The first-order chi connectivity index (χ1) is 31.2. The molecule has 2 aliphatic heterocycles. The number of hydrogen-bond acceptors (Lipinski definition) is 1. The fourth-order valence-corrected chi connectivity index (χ4v) is 12.1. The van der Waals surface area contributed by atoms with Crippen molar-refractivity contribution in [2.75, 3.05) is 0 Å². The zero-order valence-electron chi connectivity index (χ0n) is 37.5. The molecule has 0 saturated heterocycles. The summed E-state index contributed by atoms with van der Waals surface area (Å²) >= 11 is 0. The van der Waals surface area contributed by atoms with Gasteiger partial charge in [0.25, 0.3) is 0 Å². The van der Waals surface area contributed by atoms with E-state index in [2.05, 4.69) is 247 Å². The summed E-state index contributed by atoms with van der Waals surface area (Å²) in [4.78, 5) is 2.68. The number of allylic oxidation sites excluding steroid dienone is 3. The van der Waals surface area contributed by atoms with Crippen molar-refractivity contribution in [2.45, 2.75) is 57.9 Å².